The molecule has 1 heterocycles. The molecule has 4 nitrogen and oxygen atoms in total. The number of carboxylic acids is 1. The maximum atomic E-state index is 10.7. The molecule has 0 amide bonds. The fraction of sp³-hybridized carbons (Fsp3) is 0.273. The Hall–Kier alpha value is -1.84. The number of fused-ring (bicyclic) bond motifs is 1. The summed E-state index contributed by atoms with van der Waals surface area (Å²) in [7, 11) is 0. The summed E-state index contributed by atoms with van der Waals surface area (Å²) < 4.78 is 1.54. The lowest BCUT2D eigenvalue weighted by atomic mass is 10.1. The van der Waals surface area contributed by atoms with Crippen LogP contribution in [0.2, 0.25) is 0 Å². The van der Waals surface area contributed by atoms with Crippen molar-refractivity contribution < 1.29 is 9.90 Å². The van der Waals surface area contributed by atoms with E-state index in [1.54, 1.807) is 4.68 Å². The molecule has 0 saturated heterocycles. The molecule has 78 valence electrons. The highest BCUT2D eigenvalue weighted by Gasteiger charge is 2.10. The lowest BCUT2D eigenvalue weighted by Gasteiger charge is -2.01. The number of rotatable bonds is 2. The van der Waals surface area contributed by atoms with Crippen molar-refractivity contribution in [3.05, 3.63) is 29.5 Å². The Morgan fingerprint density at radius 1 is 1.47 bits per heavy atom. The van der Waals surface area contributed by atoms with Gasteiger partial charge in [-0.2, -0.15) is 5.10 Å². The van der Waals surface area contributed by atoms with E-state index >= 15 is 0 Å². The van der Waals surface area contributed by atoms with E-state index in [0.717, 1.165) is 22.2 Å². The second-order valence-corrected chi connectivity index (χ2v) is 3.61. The summed E-state index contributed by atoms with van der Waals surface area (Å²) in [5.74, 6) is -0.873. The maximum Gasteiger partial charge on any atom is 0.325 e. The number of carbonyl (C=O) groups is 1. The van der Waals surface area contributed by atoms with E-state index in [1.165, 1.54) is 0 Å². The number of aryl methyl sites for hydroxylation is 2. The van der Waals surface area contributed by atoms with Gasteiger partial charge < -0.3 is 5.11 Å². The summed E-state index contributed by atoms with van der Waals surface area (Å²) in [6.07, 6.45) is 0. The van der Waals surface area contributed by atoms with E-state index in [1.807, 2.05) is 32.0 Å². The number of hydrogen-bond acceptors (Lipinski definition) is 2. The predicted molar refractivity (Wildman–Crippen MR) is 56.8 cm³/mol. The molecule has 2 rings (SSSR count). The molecule has 2 aromatic rings. The summed E-state index contributed by atoms with van der Waals surface area (Å²) in [5, 5.41) is 14.0. The van der Waals surface area contributed by atoms with Crippen LogP contribution < -0.4 is 0 Å². The molecular formula is C11H12N2O2. The van der Waals surface area contributed by atoms with Gasteiger partial charge in [0.15, 0.2) is 0 Å². The highest BCUT2D eigenvalue weighted by atomic mass is 16.4. The smallest absolute Gasteiger partial charge is 0.325 e. The number of nitrogens with zero attached hydrogens (tertiary/aromatic N) is 2. The van der Waals surface area contributed by atoms with Gasteiger partial charge in [-0.25, -0.2) is 0 Å². The van der Waals surface area contributed by atoms with E-state index in [9.17, 15) is 4.79 Å². The minimum Gasteiger partial charge on any atom is -0.480 e. The molecule has 1 aromatic carbocycles. The number of hydrogen-bond donors (Lipinski definition) is 1. The molecule has 0 aliphatic heterocycles. The third-order valence-corrected chi connectivity index (χ3v) is 2.44. The molecular weight excluding hydrogens is 192 g/mol. The highest BCUT2D eigenvalue weighted by molar-refractivity contribution is 5.85. The van der Waals surface area contributed by atoms with Crippen LogP contribution in [0.25, 0.3) is 10.9 Å². The molecule has 0 fully saturated rings. The summed E-state index contributed by atoms with van der Waals surface area (Å²) >= 11 is 0. The molecule has 0 atom stereocenters. The predicted octanol–water partition coefficient (Wildman–Crippen LogP) is 1.74. The SMILES string of the molecule is Cc1nn(CC(=O)O)c2c(C)cccc12. The normalized spacial score (nSPS) is 10.8. The fourth-order valence-electron chi connectivity index (χ4n) is 1.82. The standard InChI is InChI=1S/C11H12N2O2/c1-7-4-3-5-9-8(2)12-13(11(7)9)6-10(14)15/h3-5H,6H2,1-2H3,(H,14,15). The fourth-order valence-corrected chi connectivity index (χ4v) is 1.82. The number of aliphatic carboxylic acids is 1. The Kier molecular flexibility index (Phi) is 2.19. The largest absolute Gasteiger partial charge is 0.480 e. The minimum absolute atomic E-state index is 0.0881. The van der Waals surface area contributed by atoms with Crippen molar-refractivity contribution in [2.24, 2.45) is 0 Å². The van der Waals surface area contributed by atoms with Crippen LogP contribution in [0.5, 0.6) is 0 Å². The molecule has 1 N–H and O–H groups in total. The van der Waals surface area contributed by atoms with Gasteiger partial charge in [0.25, 0.3) is 0 Å². The molecule has 0 unspecified atom stereocenters. The Bertz CT molecular complexity index is 529. The van der Waals surface area contributed by atoms with Gasteiger partial charge in [-0.1, -0.05) is 18.2 Å². The number of carboxylic acid groups (broad SMARTS) is 1. The van der Waals surface area contributed by atoms with Gasteiger partial charge in [0, 0.05) is 5.39 Å². The zero-order chi connectivity index (χ0) is 11.0. The number of para-hydroxylation sites is 1. The van der Waals surface area contributed by atoms with Crippen LogP contribution in [-0.4, -0.2) is 20.9 Å². The third-order valence-electron chi connectivity index (χ3n) is 2.44. The van der Waals surface area contributed by atoms with Crippen LogP contribution in [0, 0.1) is 13.8 Å². The van der Waals surface area contributed by atoms with Gasteiger partial charge in [-0.3, -0.25) is 9.48 Å². The van der Waals surface area contributed by atoms with E-state index in [-0.39, 0.29) is 6.54 Å². The van der Waals surface area contributed by atoms with Crippen molar-refractivity contribution in [1.29, 1.82) is 0 Å². The molecule has 15 heavy (non-hydrogen) atoms. The van der Waals surface area contributed by atoms with Crippen molar-refractivity contribution in [3.8, 4) is 0 Å². The number of aromatic nitrogens is 2. The molecule has 0 bridgehead atoms. The Labute approximate surface area is 87.1 Å². The molecule has 0 aliphatic carbocycles. The zero-order valence-electron chi connectivity index (χ0n) is 8.69. The second-order valence-electron chi connectivity index (χ2n) is 3.61. The van der Waals surface area contributed by atoms with Crippen LogP contribution >= 0.6 is 0 Å². The lowest BCUT2D eigenvalue weighted by molar-refractivity contribution is -0.137. The Morgan fingerprint density at radius 2 is 2.20 bits per heavy atom. The van der Waals surface area contributed by atoms with E-state index in [2.05, 4.69) is 5.10 Å². The first-order chi connectivity index (χ1) is 7.09. The van der Waals surface area contributed by atoms with Gasteiger partial charge in [0.1, 0.15) is 6.54 Å². The summed E-state index contributed by atoms with van der Waals surface area (Å²) in [6, 6.07) is 5.88. The number of benzene rings is 1. The van der Waals surface area contributed by atoms with Crippen molar-refractivity contribution in [2.45, 2.75) is 20.4 Å². The lowest BCUT2D eigenvalue weighted by Crippen LogP contribution is -2.10. The van der Waals surface area contributed by atoms with Crippen molar-refractivity contribution in [2.75, 3.05) is 0 Å². The minimum atomic E-state index is -0.873. The first-order valence-corrected chi connectivity index (χ1v) is 4.74. The second kappa shape index (κ2) is 3.38. The van der Waals surface area contributed by atoms with Gasteiger partial charge in [0.05, 0.1) is 11.2 Å². The molecule has 1 aromatic heterocycles. The van der Waals surface area contributed by atoms with Crippen molar-refractivity contribution in [3.63, 3.8) is 0 Å². The quantitative estimate of drug-likeness (QED) is 0.810. The van der Waals surface area contributed by atoms with E-state index < -0.39 is 5.97 Å². The molecule has 4 heteroatoms. The van der Waals surface area contributed by atoms with Crippen LogP contribution in [0.15, 0.2) is 18.2 Å². The zero-order valence-corrected chi connectivity index (χ0v) is 8.69. The van der Waals surface area contributed by atoms with Crippen LogP contribution in [0.1, 0.15) is 11.3 Å². The van der Waals surface area contributed by atoms with Crippen LogP contribution in [-0.2, 0) is 11.3 Å². The van der Waals surface area contributed by atoms with Crippen molar-refractivity contribution >= 4 is 16.9 Å². The third kappa shape index (κ3) is 1.58. The average molecular weight is 204 g/mol. The Balaban J connectivity index is 2.70. The summed E-state index contributed by atoms with van der Waals surface area (Å²) in [4.78, 5) is 10.7. The van der Waals surface area contributed by atoms with Gasteiger partial charge in [-0.15, -0.1) is 0 Å². The van der Waals surface area contributed by atoms with Gasteiger partial charge >= 0.3 is 5.97 Å². The molecule has 0 aliphatic rings. The summed E-state index contributed by atoms with van der Waals surface area (Å²) in [5.41, 5.74) is 2.83. The van der Waals surface area contributed by atoms with Crippen LogP contribution in [0.3, 0.4) is 0 Å². The molecule has 0 saturated carbocycles. The topological polar surface area (TPSA) is 55.1 Å². The van der Waals surface area contributed by atoms with E-state index in [4.69, 9.17) is 5.11 Å². The average Bonchev–Trinajstić information content (AvgIpc) is 2.44. The monoisotopic (exact) mass is 204 g/mol. The van der Waals surface area contributed by atoms with E-state index in [0.29, 0.717) is 0 Å². The first kappa shape index (κ1) is 9.71. The van der Waals surface area contributed by atoms with Gasteiger partial charge in [0.2, 0.25) is 0 Å². The highest BCUT2D eigenvalue weighted by Crippen LogP contribution is 2.21. The summed E-state index contributed by atoms with van der Waals surface area (Å²) in [6.45, 7) is 3.76. The van der Waals surface area contributed by atoms with Crippen molar-refractivity contribution in [1.82, 2.24) is 9.78 Å². The molecule has 0 radical (unpaired) electrons. The Morgan fingerprint density at radius 3 is 2.87 bits per heavy atom. The van der Waals surface area contributed by atoms with Crippen LogP contribution in [0.4, 0.5) is 0 Å². The maximum absolute atomic E-state index is 10.7. The first-order valence-electron chi connectivity index (χ1n) is 4.74. The molecule has 0 spiro atoms. The van der Waals surface area contributed by atoms with Gasteiger partial charge in [-0.05, 0) is 19.4 Å².